The van der Waals surface area contributed by atoms with Gasteiger partial charge in [-0.05, 0) is 42.7 Å². The lowest BCUT2D eigenvalue weighted by molar-refractivity contribution is -0.192. The van der Waals surface area contributed by atoms with Gasteiger partial charge < -0.3 is 0 Å². The minimum absolute atomic E-state index is 0.0383. The third kappa shape index (κ3) is 4.44. The monoisotopic (exact) mass is 515 g/mol. The van der Waals surface area contributed by atoms with Gasteiger partial charge in [-0.3, -0.25) is 19.4 Å². The summed E-state index contributed by atoms with van der Waals surface area (Å²) in [7, 11) is 0. The molecule has 0 bridgehead atoms. The van der Waals surface area contributed by atoms with Crippen LogP contribution >= 0.6 is 23.2 Å². The van der Waals surface area contributed by atoms with Gasteiger partial charge in [-0.1, -0.05) is 49.2 Å². The first-order valence-electron chi connectivity index (χ1n) is 10.1. The van der Waals surface area contributed by atoms with Crippen LogP contribution in [0.1, 0.15) is 31.9 Å². The van der Waals surface area contributed by atoms with Crippen LogP contribution in [0.5, 0.6) is 0 Å². The smallest absolute Gasteiger partial charge is 0.299 e. The van der Waals surface area contributed by atoms with E-state index in [9.17, 15) is 27.2 Å². The summed E-state index contributed by atoms with van der Waals surface area (Å²) < 4.78 is 55.1. The third-order valence-electron chi connectivity index (χ3n) is 5.68. The zero-order valence-corrected chi connectivity index (χ0v) is 19.8. The summed E-state index contributed by atoms with van der Waals surface area (Å²) in [5.74, 6) is -4.59. The van der Waals surface area contributed by atoms with Gasteiger partial charge in [0, 0.05) is 12.1 Å². The van der Waals surface area contributed by atoms with Gasteiger partial charge in [0.2, 0.25) is 0 Å². The van der Waals surface area contributed by atoms with Crippen molar-refractivity contribution < 1.29 is 27.2 Å². The molecule has 0 aliphatic carbocycles. The summed E-state index contributed by atoms with van der Waals surface area (Å²) in [5, 5.41) is 8.15. The van der Waals surface area contributed by atoms with Crippen LogP contribution in [0.4, 0.5) is 23.2 Å². The van der Waals surface area contributed by atoms with Gasteiger partial charge in [-0.25, -0.2) is 4.39 Å². The van der Waals surface area contributed by atoms with Gasteiger partial charge in [0.05, 0.1) is 21.7 Å². The summed E-state index contributed by atoms with van der Waals surface area (Å²) >= 11 is 11.8. The van der Waals surface area contributed by atoms with E-state index in [4.69, 9.17) is 28.5 Å². The van der Waals surface area contributed by atoms with Crippen molar-refractivity contribution in [2.45, 2.75) is 45.1 Å². The van der Waals surface area contributed by atoms with Crippen LogP contribution in [0.25, 0.3) is 0 Å². The van der Waals surface area contributed by atoms with E-state index in [-0.39, 0.29) is 12.1 Å². The lowest BCUT2D eigenvalue weighted by Crippen LogP contribution is -2.58. The highest BCUT2D eigenvalue weighted by atomic mass is 35.5. The predicted molar refractivity (Wildman–Crippen MR) is 119 cm³/mol. The number of carbonyl (C=O) groups is 2. The van der Waals surface area contributed by atoms with Gasteiger partial charge in [0.25, 0.3) is 5.91 Å². The molecule has 1 aliphatic rings. The Bertz CT molecular complexity index is 1160. The zero-order chi connectivity index (χ0) is 25.6. The van der Waals surface area contributed by atoms with E-state index >= 15 is 0 Å². The average molecular weight is 516 g/mol. The van der Waals surface area contributed by atoms with Crippen molar-refractivity contribution in [2.24, 2.45) is 5.92 Å². The molecule has 2 aromatic rings. The first kappa shape index (κ1) is 25.8. The van der Waals surface area contributed by atoms with Gasteiger partial charge >= 0.3 is 12.1 Å². The van der Waals surface area contributed by atoms with Crippen molar-refractivity contribution in [1.29, 1.82) is 5.26 Å². The van der Waals surface area contributed by atoms with Gasteiger partial charge in [-0.15, -0.1) is 0 Å². The molecule has 180 valence electrons. The summed E-state index contributed by atoms with van der Waals surface area (Å²) in [5.41, 5.74) is -1.23. The van der Waals surface area contributed by atoms with Crippen molar-refractivity contribution in [3.63, 3.8) is 0 Å². The zero-order valence-electron chi connectivity index (χ0n) is 18.3. The van der Waals surface area contributed by atoms with Crippen molar-refractivity contribution in [1.82, 2.24) is 4.90 Å². The average Bonchev–Trinajstić information content (AvgIpc) is 2.98. The summed E-state index contributed by atoms with van der Waals surface area (Å²) in [4.78, 5) is 28.0. The van der Waals surface area contributed by atoms with Crippen molar-refractivity contribution in [2.75, 3.05) is 4.90 Å². The highest BCUT2D eigenvalue weighted by Crippen LogP contribution is 2.43. The minimum Gasteiger partial charge on any atom is -0.299 e. The van der Waals surface area contributed by atoms with Gasteiger partial charge in [-0.2, -0.15) is 18.4 Å². The molecule has 0 aromatic heterocycles. The molecular weight excluding hydrogens is 497 g/mol. The van der Waals surface area contributed by atoms with Crippen molar-refractivity contribution in [3.05, 3.63) is 63.4 Å². The number of halogens is 6. The van der Waals surface area contributed by atoms with Crippen LogP contribution in [-0.4, -0.2) is 34.6 Å². The fourth-order valence-electron chi connectivity index (χ4n) is 4.17. The Hall–Kier alpha value is -2.83. The summed E-state index contributed by atoms with van der Waals surface area (Å²) in [6.45, 7) is 4.36. The maximum Gasteiger partial charge on any atom is 0.471 e. The predicted octanol–water partition coefficient (Wildman–Crippen LogP) is 5.73. The summed E-state index contributed by atoms with van der Waals surface area (Å²) in [6.07, 6.45) is -6.88. The van der Waals surface area contributed by atoms with E-state index in [1.54, 1.807) is 13.8 Å². The second kappa shape index (κ2) is 9.08. The molecule has 3 rings (SSSR count). The van der Waals surface area contributed by atoms with Crippen LogP contribution in [0, 0.1) is 23.1 Å². The summed E-state index contributed by atoms with van der Waals surface area (Å²) in [6, 6.07) is 10.0. The van der Waals surface area contributed by atoms with Crippen LogP contribution in [0.2, 0.25) is 10.0 Å². The fraction of sp³-hybridized carbons (Fsp3) is 0.348. The number of carbonyl (C=O) groups excluding carboxylic acids is 2. The second-order valence-corrected chi connectivity index (χ2v) is 9.30. The number of rotatable bonds is 4. The molecule has 0 unspecified atom stereocenters. The second-order valence-electron chi connectivity index (χ2n) is 8.49. The normalized spacial score (nSPS) is 20.7. The molecule has 5 nitrogen and oxygen atoms in total. The van der Waals surface area contributed by atoms with E-state index in [1.807, 2.05) is 6.07 Å². The number of amides is 2. The highest BCUT2D eigenvalue weighted by molar-refractivity contribution is 6.35. The molecule has 1 saturated heterocycles. The Labute approximate surface area is 203 Å². The van der Waals surface area contributed by atoms with Crippen LogP contribution in [-0.2, 0) is 16.0 Å². The molecule has 1 heterocycles. The van der Waals surface area contributed by atoms with E-state index in [1.165, 1.54) is 31.2 Å². The SMILES string of the molecule is CC(C)[C@@H]1N(c2cc(Cl)c(F)c(Cl)c2)C(=O)[C@@](C)(Cc2ccc(C#N)cc2)N1C(=O)C(F)(F)F. The lowest BCUT2D eigenvalue weighted by Gasteiger charge is -2.38. The van der Waals surface area contributed by atoms with E-state index in [0.29, 0.717) is 16.0 Å². The molecule has 2 amide bonds. The molecule has 0 spiro atoms. The highest BCUT2D eigenvalue weighted by Gasteiger charge is 2.62. The third-order valence-corrected chi connectivity index (χ3v) is 6.23. The van der Waals surface area contributed by atoms with E-state index < -0.39 is 51.5 Å². The Morgan fingerprint density at radius 2 is 1.71 bits per heavy atom. The molecule has 1 fully saturated rings. The topological polar surface area (TPSA) is 64.4 Å². The maximum atomic E-state index is 14.0. The van der Waals surface area contributed by atoms with Gasteiger partial charge in [0.1, 0.15) is 11.7 Å². The number of benzene rings is 2. The van der Waals surface area contributed by atoms with E-state index in [0.717, 1.165) is 17.0 Å². The molecule has 0 N–H and O–H groups in total. The molecular formula is C23H19Cl2F4N3O2. The molecule has 0 saturated carbocycles. The van der Waals surface area contributed by atoms with E-state index in [2.05, 4.69) is 0 Å². The lowest BCUT2D eigenvalue weighted by atomic mass is 9.90. The number of nitriles is 1. The maximum absolute atomic E-state index is 14.0. The van der Waals surface area contributed by atoms with Crippen LogP contribution in [0.3, 0.4) is 0 Å². The van der Waals surface area contributed by atoms with Gasteiger partial charge in [0.15, 0.2) is 5.82 Å². The molecule has 1 aliphatic heterocycles. The number of alkyl halides is 3. The number of nitrogens with zero attached hydrogens (tertiary/aromatic N) is 3. The quantitative estimate of drug-likeness (QED) is 0.386. The Morgan fingerprint density at radius 3 is 2.15 bits per heavy atom. The number of hydrogen-bond donors (Lipinski definition) is 0. The largest absolute Gasteiger partial charge is 0.471 e. The Balaban J connectivity index is 2.22. The van der Waals surface area contributed by atoms with Crippen LogP contribution in [0.15, 0.2) is 36.4 Å². The van der Waals surface area contributed by atoms with Crippen molar-refractivity contribution >= 4 is 40.7 Å². The standard InChI is InChI=1S/C23H19Cl2F4N3O2/c1-12(2)19-31(15-8-16(24)18(26)17(25)9-15)20(33)22(3,32(19)21(34)23(27,28)29)10-13-4-6-14(11-30)7-5-13/h4-9,12,19H,10H2,1-3H3/t19-,22-/m1/s1. The molecule has 2 aromatic carbocycles. The molecule has 0 radical (unpaired) electrons. The first-order valence-corrected chi connectivity index (χ1v) is 10.9. The van der Waals surface area contributed by atoms with Crippen LogP contribution < -0.4 is 4.90 Å². The first-order chi connectivity index (χ1) is 15.7. The van der Waals surface area contributed by atoms with Crippen molar-refractivity contribution in [3.8, 4) is 6.07 Å². The number of anilines is 1. The molecule has 34 heavy (non-hydrogen) atoms. The molecule has 2 atom stereocenters. The fourth-order valence-corrected chi connectivity index (χ4v) is 4.65. The number of hydrogen-bond acceptors (Lipinski definition) is 3. The molecule has 11 heteroatoms. The Morgan fingerprint density at radius 1 is 1.18 bits per heavy atom. The Kier molecular flexibility index (Phi) is 6.89. The minimum atomic E-state index is -5.26.